The minimum absolute atomic E-state index is 0.0923. The Bertz CT molecular complexity index is 737. The molecule has 1 amide bonds. The number of benzene rings is 1. The first-order valence-corrected chi connectivity index (χ1v) is 7.66. The minimum atomic E-state index is 0.0923. The highest BCUT2D eigenvalue weighted by Crippen LogP contribution is 2.20. The SMILES string of the molecule is O=C1CCc2ccccc2N1.O=c1ccnc2n1CCCC2. The zero-order valence-electron chi connectivity index (χ0n) is 12.4. The van der Waals surface area contributed by atoms with Crippen molar-refractivity contribution in [1.82, 2.24) is 9.55 Å². The number of para-hydroxylation sites is 1. The van der Waals surface area contributed by atoms with Crippen LogP contribution in [0, 0.1) is 0 Å². The van der Waals surface area contributed by atoms with Gasteiger partial charge >= 0.3 is 0 Å². The molecule has 0 aliphatic carbocycles. The summed E-state index contributed by atoms with van der Waals surface area (Å²) in [6, 6.07) is 9.44. The van der Waals surface area contributed by atoms with Crippen molar-refractivity contribution in [2.45, 2.75) is 38.6 Å². The monoisotopic (exact) mass is 297 g/mol. The lowest BCUT2D eigenvalue weighted by molar-refractivity contribution is -0.116. The molecular formula is C17H19N3O2. The van der Waals surface area contributed by atoms with Crippen LogP contribution >= 0.6 is 0 Å². The maximum Gasteiger partial charge on any atom is 0.253 e. The highest BCUT2D eigenvalue weighted by atomic mass is 16.1. The van der Waals surface area contributed by atoms with Gasteiger partial charge in [0.2, 0.25) is 5.91 Å². The Morgan fingerprint density at radius 2 is 1.86 bits per heavy atom. The van der Waals surface area contributed by atoms with E-state index >= 15 is 0 Å². The van der Waals surface area contributed by atoms with Gasteiger partial charge in [-0.1, -0.05) is 18.2 Å². The third-order valence-electron chi connectivity index (χ3n) is 3.96. The van der Waals surface area contributed by atoms with Gasteiger partial charge in [0.25, 0.3) is 5.56 Å². The second-order valence-electron chi connectivity index (χ2n) is 5.51. The smallest absolute Gasteiger partial charge is 0.253 e. The largest absolute Gasteiger partial charge is 0.326 e. The Morgan fingerprint density at radius 3 is 2.73 bits per heavy atom. The number of aromatic nitrogens is 2. The summed E-state index contributed by atoms with van der Waals surface area (Å²) in [7, 11) is 0. The molecule has 114 valence electrons. The molecule has 2 aromatic rings. The Hall–Kier alpha value is -2.43. The third-order valence-corrected chi connectivity index (χ3v) is 3.96. The molecule has 0 spiro atoms. The van der Waals surface area contributed by atoms with Gasteiger partial charge in [0, 0.05) is 37.3 Å². The first-order chi connectivity index (χ1) is 10.7. The van der Waals surface area contributed by atoms with Crippen LogP contribution in [-0.2, 0) is 24.2 Å². The molecule has 1 aromatic carbocycles. The predicted molar refractivity (Wildman–Crippen MR) is 84.8 cm³/mol. The first kappa shape index (κ1) is 14.5. The van der Waals surface area contributed by atoms with Crippen LogP contribution < -0.4 is 10.9 Å². The lowest BCUT2D eigenvalue weighted by atomic mass is 10.0. The molecule has 0 atom stereocenters. The molecule has 1 N–H and O–H groups in total. The number of fused-ring (bicyclic) bond motifs is 2. The van der Waals surface area contributed by atoms with Gasteiger partial charge in [-0.15, -0.1) is 0 Å². The van der Waals surface area contributed by atoms with Gasteiger partial charge in [-0.05, 0) is 30.9 Å². The number of rotatable bonds is 0. The maximum atomic E-state index is 11.2. The van der Waals surface area contributed by atoms with E-state index in [4.69, 9.17) is 0 Å². The quantitative estimate of drug-likeness (QED) is 0.810. The van der Waals surface area contributed by atoms with Crippen molar-refractivity contribution in [1.29, 1.82) is 0 Å². The molecule has 2 aliphatic heterocycles. The molecule has 0 radical (unpaired) electrons. The molecule has 4 rings (SSSR count). The van der Waals surface area contributed by atoms with Crippen molar-refractivity contribution in [2.75, 3.05) is 5.32 Å². The van der Waals surface area contributed by atoms with E-state index in [1.165, 1.54) is 11.6 Å². The average Bonchev–Trinajstić information content (AvgIpc) is 2.56. The number of carbonyl (C=O) groups excluding carboxylic acids is 1. The summed E-state index contributed by atoms with van der Waals surface area (Å²) in [4.78, 5) is 26.2. The second-order valence-corrected chi connectivity index (χ2v) is 5.51. The number of hydrogen-bond donors (Lipinski definition) is 1. The van der Waals surface area contributed by atoms with E-state index in [-0.39, 0.29) is 11.5 Å². The number of carbonyl (C=O) groups is 1. The number of nitrogens with one attached hydrogen (secondary N) is 1. The highest BCUT2D eigenvalue weighted by molar-refractivity contribution is 5.93. The number of nitrogens with zero attached hydrogens (tertiary/aromatic N) is 2. The summed E-state index contributed by atoms with van der Waals surface area (Å²) < 4.78 is 1.77. The molecule has 22 heavy (non-hydrogen) atoms. The summed E-state index contributed by atoms with van der Waals surface area (Å²) in [6.07, 6.45) is 6.32. The van der Waals surface area contributed by atoms with E-state index in [1.54, 1.807) is 10.8 Å². The molecule has 0 unspecified atom stereocenters. The lowest BCUT2D eigenvalue weighted by Gasteiger charge is -2.15. The number of anilines is 1. The van der Waals surface area contributed by atoms with Crippen molar-refractivity contribution in [2.24, 2.45) is 0 Å². The van der Waals surface area contributed by atoms with Crippen molar-refractivity contribution in [3.05, 3.63) is 58.3 Å². The van der Waals surface area contributed by atoms with E-state index in [0.717, 1.165) is 43.7 Å². The molecule has 5 nitrogen and oxygen atoms in total. The van der Waals surface area contributed by atoms with Gasteiger partial charge in [0.15, 0.2) is 0 Å². The van der Waals surface area contributed by atoms with Gasteiger partial charge < -0.3 is 5.32 Å². The Balaban J connectivity index is 0.000000131. The van der Waals surface area contributed by atoms with Gasteiger partial charge in [-0.2, -0.15) is 0 Å². The van der Waals surface area contributed by atoms with Crippen LogP contribution in [0.2, 0.25) is 0 Å². The normalized spacial score (nSPS) is 15.7. The lowest BCUT2D eigenvalue weighted by Crippen LogP contribution is -2.26. The van der Waals surface area contributed by atoms with Gasteiger partial charge in [-0.3, -0.25) is 14.2 Å². The van der Waals surface area contributed by atoms with E-state index in [1.807, 2.05) is 18.2 Å². The van der Waals surface area contributed by atoms with E-state index < -0.39 is 0 Å². The van der Waals surface area contributed by atoms with Gasteiger partial charge in [0.05, 0.1) is 0 Å². The van der Waals surface area contributed by atoms with Crippen LogP contribution in [0.4, 0.5) is 5.69 Å². The summed E-state index contributed by atoms with van der Waals surface area (Å²) >= 11 is 0. The van der Waals surface area contributed by atoms with Crippen LogP contribution in [0.15, 0.2) is 41.3 Å². The molecule has 2 aliphatic rings. The van der Waals surface area contributed by atoms with E-state index in [9.17, 15) is 9.59 Å². The van der Waals surface area contributed by atoms with Crippen LogP contribution in [0.5, 0.6) is 0 Å². The fourth-order valence-corrected chi connectivity index (χ4v) is 2.79. The fourth-order valence-electron chi connectivity index (χ4n) is 2.79. The Kier molecular flexibility index (Phi) is 4.32. The summed E-state index contributed by atoms with van der Waals surface area (Å²) in [5.74, 6) is 1.08. The summed E-state index contributed by atoms with van der Waals surface area (Å²) in [5.41, 5.74) is 2.31. The maximum absolute atomic E-state index is 11.2. The van der Waals surface area contributed by atoms with Crippen molar-refractivity contribution in [3.63, 3.8) is 0 Å². The minimum Gasteiger partial charge on any atom is -0.326 e. The second kappa shape index (κ2) is 6.56. The fraction of sp³-hybridized carbons (Fsp3) is 0.353. The van der Waals surface area contributed by atoms with Gasteiger partial charge in [0.1, 0.15) is 5.82 Å². The predicted octanol–water partition coefficient (Wildman–Crippen LogP) is 2.15. The van der Waals surface area contributed by atoms with E-state index in [0.29, 0.717) is 6.42 Å². The molecule has 0 saturated heterocycles. The van der Waals surface area contributed by atoms with Crippen LogP contribution in [-0.4, -0.2) is 15.5 Å². The Labute approximate surface area is 129 Å². The zero-order chi connectivity index (χ0) is 15.4. The summed E-state index contributed by atoms with van der Waals surface area (Å²) in [6.45, 7) is 0.849. The first-order valence-electron chi connectivity index (χ1n) is 7.66. The van der Waals surface area contributed by atoms with Crippen LogP contribution in [0.25, 0.3) is 0 Å². The number of aryl methyl sites for hydroxylation is 2. The number of amides is 1. The van der Waals surface area contributed by atoms with Gasteiger partial charge in [-0.25, -0.2) is 4.98 Å². The molecule has 0 saturated carbocycles. The average molecular weight is 297 g/mol. The van der Waals surface area contributed by atoms with Crippen molar-refractivity contribution < 1.29 is 4.79 Å². The van der Waals surface area contributed by atoms with Crippen LogP contribution in [0.1, 0.15) is 30.7 Å². The molecule has 0 fully saturated rings. The van der Waals surface area contributed by atoms with Crippen molar-refractivity contribution >= 4 is 11.6 Å². The summed E-state index contributed by atoms with van der Waals surface area (Å²) in [5, 5.41) is 2.82. The van der Waals surface area contributed by atoms with E-state index in [2.05, 4.69) is 16.4 Å². The van der Waals surface area contributed by atoms with Crippen LogP contribution in [0.3, 0.4) is 0 Å². The molecule has 3 heterocycles. The highest BCUT2D eigenvalue weighted by Gasteiger charge is 2.12. The molecule has 5 heteroatoms. The molecule has 0 bridgehead atoms. The third kappa shape index (κ3) is 3.24. The molecule has 1 aromatic heterocycles. The topological polar surface area (TPSA) is 64.0 Å². The Morgan fingerprint density at radius 1 is 1.00 bits per heavy atom. The molecular weight excluding hydrogens is 278 g/mol. The van der Waals surface area contributed by atoms with Crippen molar-refractivity contribution in [3.8, 4) is 0 Å². The number of hydrogen-bond acceptors (Lipinski definition) is 3. The zero-order valence-corrected chi connectivity index (χ0v) is 12.4. The standard InChI is InChI=1S/C9H9NO.C8H10N2O/c11-9-6-5-7-3-1-2-4-8(7)10-9;11-8-4-5-9-7-3-1-2-6-10(7)8/h1-4H,5-6H2,(H,10,11);4-5H,1-3,6H2.